The third-order valence-corrected chi connectivity index (χ3v) is 3.52. The Bertz CT molecular complexity index is 632. The summed E-state index contributed by atoms with van der Waals surface area (Å²) in [5.74, 6) is -0.868. The van der Waals surface area contributed by atoms with Crippen LogP contribution >= 0.6 is 12.2 Å². The summed E-state index contributed by atoms with van der Waals surface area (Å²) in [6, 6.07) is 7.72. The van der Waals surface area contributed by atoms with Gasteiger partial charge in [-0.2, -0.15) is 0 Å². The van der Waals surface area contributed by atoms with Gasteiger partial charge in [0.2, 0.25) is 0 Å². The van der Waals surface area contributed by atoms with Crippen LogP contribution in [0.25, 0.3) is 6.08 Å². The fraction of sp³-hybridized carbons (Fsp3) is 0.188. The molecule has 1 saturated heterocycles. The van der Waals surface area contributed by atoms with Gasteiger partial charge in [-0.3, -0.25) is 19.8 Å². The normalized spacial score (nSPS) is 17.1. The van der Waals surface area contributed by atoms with E-state index in [-0.39, 0.29) is 17.2 Å². The molecule has 0 aliphatic carbocycles. The number of hydrogen-bond acceptors (Lipinski definition) is 3. The topological polar surface area (TPSA) is 49.4 Å². The molecule has 0 radical (unpaired) electrons. The predicted octanol–water partition coefficient (Wildman–Crippen LogP) is 2.06. The number of thiocarbonyl (C=S) groups is 1. The summed E-state index contributed by atoms with van der Waals surface area (Å²) in [6.07, 6.45) is 4.09. The molecule has 0 unspecified atom stereocenters. The molecule has 0 bridgehead atoms. The van der Waals surface area contributed by atoms with Crippen LogP contribution in [0.5, 0.6) is 0 Å². The summed E-state index contributed by atoms with van der Waals surface area (Å²) < 4.78 is 0. The van der Waals surface area contributed by atoms with Crippen LogP contribution in [-0.2, 0) is 16.0 Å². The van der Waals surface area contributed by atoms with E-state index in [9.17, 15) is 9.59 Å². The molecule has 5 heteroatoms. The Morgan fingerprint density at radius 3 is 2.52 bits per heavy atom. The van der Waals surface area contributed by atoms with Gasteiger partial charge in [0.05, 0.1) is 0 Å². The molecule has 1 fully saturated rings. The van der Waals surface area contributed by atoms with E-state index < -0.39 is 11.8 Å². The highest BCUT2D eigenvalue weighted by atomic mass is 32.1. The number of carbonyl (C=O) groups excluding carboxylic acids is 2. The number of nitrogens with one attached hydrogen (secondary N) is 1. The molecule has 2 rings (SSSR count). The number of aryl methyl sites for hydroxylation is 1. The van der Waals surface area contributed by atoms with Gasteiger partial charge in [-0.1, -0.05) is 37.3 Å². The molecule has 0 spiro atoms. The number of carbonyl (C=O) groups is 2. The van der Waals surface area contributed by atoms with Crippen LogP contribution in [0.1, 0.15) is 18.1 Å². The van der Waals surface area contributed by atoms with E-state index in [1.165, 1.54) is 10.5 Å². The second-order valence-corrected chi connectivity index (χ2v) is 5.00. The SMILES string of the molecule is C=CCN1C(=O)C(=Cc2ccc(CC)cc2)C(=O)NC1=S. The first-order valence-corrected chi connectivity index (χ1v) is 7.06. The van der Waals surface area contributed by atoms with Gasteiger partial charge < -0.3 is 0 Å². The summed E-state index contributed by atoms with van der Waals surface area (Å²) in [5.41, 5.74) is 2.08. The first-order chi connectivity index (χ1) is 10.1. The second kappa shape index (κ2) is 6.45. The second-order valence-electron chi connectivity index (χ2n) is 4.62. The Morgan fingerprint density at radius 1 is 1.29 bits per heavy atom. The van der Waals surface area contributed by atoms with Crippen molar-refractivity contribution >= 4 is 35.2 Å². The first-order valence-electron chi connectivity index (χ1n) is 6.65. The van der Waals surface area contributed by atoms with E-state index in [0.29, 0.717) is 0 Å². The Hall–Kier alpha value is -2.27. The lowest BCUT2D eigenvalue weighted by atomic mass is 10.1. The van der Waals surface area contributed by atoms with E-state index >= 15 is 0 Å². The number of hydrogen-bond donors (Lipinski definition) is 1. The molecule has 4 nitrogen and oxygen atoms in total. The quantitative estimate of drug-likeness (QED) is 0.401. The highest BCUT2D eigenvalue weighted by Gasteiger charge is 2.32. The summed E-state index contributed by atoms with van der Waals surface area (Å²) in [6.45, 7) is 5.92. The fourth-order valence-electron chi connectivity index (χ4n) is 2.01. The van der Waals surface area contributed by atoms with Crippen molar-refractivity contribution in [1.29, 1.82) is 0 Å². The molecule has 1 aliphatic heterocycles. The highest BCUT2D eigenvalue weighted by molar-refractivity contribution is 7.80. The zero-order valence-electron chi connectivity index (χ0n) is 11.8. The largest absolute Gasteiger partial charge is 0.298 e. The molecule has 108 valence electrons. The van der Waals surface area contributed by atoms with Crippen LogP contribution < -0.4 is 5.32 Å². The maximum Gasteiger partial charge on any atom is 0.265 e. The van der Waals surface area contributed by atoms with Gasteiger partial charge in [0.15, 0.2) is 5.11 Å². The molecular weight excluding hydrogens is 284 g/mol. The van der Waals surface area contributed by atoms with Crippen molar-refractivity contribution in [2.45, 2.75) is 13.3 Å². The van der Waals surface area contributed by atoms with Crippen LogP contribution in [0.3, 0.4) is 0 Å². The molecule has 1 aliphatic rings. The monoisotopic (exact) mass is 300 g/mol. The van der Waals surface area contributed by atoms with Crippen LogP contribution in [0.15, 0.2) is 42.5 Å². The number of nitrogens with zero attached hydrogens (tertiary/aromatic N) is 1. The van der Waals surface area contributed by atoms with Crippen LogP contribution in [0.4, 0.5) is 0 Å². The molecule has 2 amide bonds. The first kappa shape index (κ1) is 15.1. The van der Waals surface area contributed by atoms with Crippen molar-refractivity contribution in [3.63, 3.8) is 0 Å². The minimum atomic E-state index is -0.468. The molecule has 1 N–H and O–H groups in total. The van der Waals surface area contributed by atoms with Gasteiger partial charge >= 0.3 is 0 Å². The smallest absolute Gasteiger partial charge is 0.265 e. The predicted molar refractivity (Wildman–Crippen MR) is 86.4 cm³/mol. The van der Waals surface area contributed by atoms with E-state index in [0.717, 1.165) is 12.0 Å². The average molecular weight is 300 g/mol. The lowest BCUT2D eigenvalue weighted by molar-refractivity contribution is -0.128. The van der Waals surface area contributed by atoms with Crippen LogP contribution in [0.2, 0.25) is 0 Å². The minimum absolute atomic E-state index is 0.0784. The Morgan fingerprint density at radius 2 is 1.95 bits per heavy atom. The number of benzene rings is 1. The highest BCUT2D eigenvalue weighted by Crippen LogP contribution is 2.15. The summed E-state index contributed by atoms with van der Waals surface area (Å²) in [5, 5.41) is 2.63. The van der Waals surface area contributed by atoms with E-state index in [2.05, 4.69) is 18.8 Å². The van der Waals surface area contributed by atoms with Crippen molar-refractivity contribution in [2.24, 2.45) is 0 Å². The van der Waals surface area contributed by atoms with Crippen molar-refractivity contribution < 1.29 is 9.59 Å². The molecular formula is C16H16N2O2S. The number of amides is 2. The van der Waals surface area contributed by atoms with Gasteiger partial charge in [-0.15, -0.1) is 6.58 Å². The molecule has 1 aromatic carbocycles. The third kappa shape index (κ3) is 3.25. The zero-order chi connectivity index (χ0) is 15.4. The Labute approximate surface area is 129 Å². The van der Waals surface area contributed by atoms with Gasteiger partial charge in [0.25, 0.3) is 11.8 Å². The van der Waals surface area contributed by atoms with Gasteiger partial charge in [0.1, 0.15) is 5.57 Å². The van der Waals surface area contributed by atoms with E-state index in [1.54, 1.807) is 12.2 Å². The maximum atomic E-state index is 12.3. The Balaban J connectivity index is 2.32. The molecule has 21 heavy (non-hydrogen) atoms. The molecule has 0 aromatic heterocycles. The third-order valence-electron chi connectivity index (χ3n) is 3.20. The standard InChI is InChI=1S/C16H16N2O2S/c1-3-9-18-15(20)13(14(19)17-16(18)21)10-12-7-5-11(4-2)6-8-12/h3,5-8,10H,1,4,9H2,2H3,(H,17,19,21). The average Bonchev–Trinajstić information content (AvgIpc) is 2.48. The van der Waals surface area contributed by atoms with Crippen LogP contribution in [0, 0.1) is 0 Å². The van der Waals surface area contributed by atoms with E-state index in [1.807, 2.05) is 24.3 Å². The van der Waals surface area contributed by atoms with Crippen molar-refractivity contribution in [3.05, 3.63) is 53.6 Å². The van der Waals surface area contributed by atoms with Gasteiger partial charge in [0, 0.05) is 6.54 Å². The summed E-state index contributed by atoms with van der Waals surface area (Å²) >= 11 is 5.00. The van der Waals surface area contributed by atoms with Crippen molar-refractivity contribution in [2.75, 3.05) is 6.54 Å². The minimum Gasteiger partial charge on any atom is -0.298 e. The fourth-order valence-corrected chi connectivity index (χ4v) is 2.26. The lowest BCUT2D eigenvalue weighted by Crippen LogP contribution is -2.53. The lowest BCUT2D eigenvalue weighted by Gasteiger charge is -2.27. The molecule has 1 aromatic rings. The molecule has 0 atom stereocenters. The van der Waals surface area contributed by atoms with Crippen molar-refractivity contribution in [1.82, 2.24) is 10.2 Å². The van der Waals surface area contributed by atoms with Crippen LogP contribution in [-0.4, -0.2) is 28.4 Å². The summed E-state index contributed by atoms with van der Waals surface area (Å²) in [4.78, 5) is 25.6. The molecule has 1 heterocycles. The van der Waals surface area contributed by atoms with Gasteiger partial charge in [-0.25, -0.2) is 0 Å². The van der Waals surface area contributed by atoms with Crippen molar-refractivity contribution in [3.8, 4) is 0 Å². The summed E-state index contributed by atoms with van der Waals surface area (Å²) in [7, 11) is 0. The van der Waals surface area contributed by atoms with E-state index in [4.69, 9.17) is 12.2 Å². The maximum absolute atomic E-state index is 12.3. The van der Waals surface area contributed by atoms with Gasteiger partial charge in [-0.05, 0) is 35.8 Å². The Kier molecular flexibility index (Phi) is 4.65. The number of rotatable bonds is 4. The zero-order valence-corrected chi connectivity index (χ0v) is 12.6. The molecule has 0 saturated carbocycles.